The number of hydrogen-bond donors (Lipinski definition) is 2. The molecule has 0 bridgehead atoms. The minimum Gasteiger partial charge on any atom is -0.469 e. The van der Waals surface area contributed by atoms with Gasteiger partial charge in [0.25, 0.3) is 0 Å². The molecule has 1 aromatic heterocycles. The van der Waals surface area contributed by atoms with E-state index in [4.69, 9.17) is 4.42 Å². The highest BCUT2D eigenvalue weighted by atomic mass is 32.2. The van der Waals surface area contributed by atoms with Crippen LogP contribution in [0.1, 0.15) is 29.7 Å². The van der Waals surface area contributed by atoms with Gasteiger partial charge in [-0.2, -0.15) is 18.4 Å². The van der Waals surface area contributed by atoms with Gasteiger partial charge in [0.15, 0.2) is 0 Å². The van der Waals surface area contributed by atoms with Crippen molar-refractivity contribution >= 4 is 35.0 Å². The predicted molar refractivity (Wildman–Crippen MR) is 142 cm³/mol. The van der Waals surface area contributed by atoms with Crippen molar-refractivity contribution in [2.24, 2.45) is 10.9 Å². The first-order valence-corrected chi connectivity index (χ1v) is 12.8. The maximum absolute atomic E-state index is 13.4. The average molecular weight is 553 g/mol. The Labute approximate surface area is 226 Å². The third-order valence-corrected chi connectivity index (χ3v) is 6.98. The molecule has 2 amide bonds. The maximum atomic E-state index is 13.4. The topological polar surface area (TPSA) is 107 Å². The molecule has 39 heavy (non-hydrogen) atoms. The number of anilines is 1. The van der Waals surface area contributed by atoms with Gasteiger partial charge in [-0.3, -0.25) is 9.59 Å². The van der Waals surface area contributed by atoms with Gasteiger partial charge in [0, 0.05) is 17.9 Å². The van der Waals surface area contributed by atoms with Crippen LogP contribution in [-0.2, 0) is 22.3 Å². The van der Waals surface area contributed by atoms with Gasteiger partial charge in [-0.1, -0.05) is 48.2 Å². The molecule has 0 aliphatic carbocycles. The molecular weight excluding hydrogens is 529 g/mol. The normalized spacial score (nSPS) is 17.3. The summed E-state index contributed by atoms with van der Waals surface area (Å²) in [6.45, 7) is 1.94. The van der Waals surface area contributed by atoms with Gasteiger partial charge >= 0.3 is 6.18 Å². The van der Waals surface area contributed by atoms with Crippen LogP contribution in [0.5, 0.6) is 0 Å². The van der Waals surface area contributed by atoms with Gasteiger partial charge < -0.3 is 15.1 Å². The van der Waals surface area contributed by atoms with Crippen molar-refractivity contribution < 1.29 is 27.2 Å². The van der Waals surface area contributed by atoms with E-state index in [2.05, 4.69) is 21.7 Å². The molecule has 11 heteroatoms. The lowest BCUT2D eigenvalue weighted by Gasteiger charge is -2.29. The third kappa shape index (κ3) is 6.78. The van der Waals surface area contributed by atoms with Gasteiger partial charge in [0.1, 0.15) is 10.8 Å². The molecule has 0 radical (unpaired) electrons. The summed E-state index contributed by atoms with van der Waals surface area (Å²) in [5.74, 6) is -2.53. The lowest BCUT2D eigenvalue weighted by molar-refractivity contribution is -0.137. The summed E-state index contributed by atoms with van der Waals surface area (Å²) >= 11 is 1.06. The number of amides is 2. The fourth-order valence-corrected chi connectivity index (χ4v) is 5.06. The summed E-state index contributed by atoms with van der Waals surface area (Å²) in [5, 5.41) is 15.7. The monoisotopic (exact) mass is 552 g/mol. The zero-order chi connectivity index (χ0) is 28.0. The Hall–Kier alpha value is -4.30. The second-order valence-corrected chi connectivity index (χ2v) is 9.64. The Morgan fingerprint density at radius 2 is 1.87 bits per heavy atom. The summed E-state index contributed by atoms with van der Waals surface area (Å²) < 4.78 is 45.0. The molecule has 1 aliphatic rings. The lowest BCUT2D eigenvalue weighted by Crippen LogP contribution is -2.36. The molecule has 2 aromatic carbocycles. The summed E-state index contributed by atoms with van der Waals surface area (Å²) in [4.78, 5) is 30.3. The minimum atomic E-state index is -4.57. The second-order valence-electron chi connectivity index (χ2n) is 8.67. The number of halogens is 3. The standard InChI is InChI=1S/C28H23F3N4O3S/c1-17-24(26(37)35-20-10-5-9-19(13-20)28(29,30)31)25(22-11-6-12-38-22)21(14-32)27(34-17)39-16-23(36)33-15-18-7-3-2-4-8-18/h2-13,24-25H,15-16H2,1H3,(H,33,36)(H,35,37). The number of aliphatic imine (C=N–C) groups is 1. The minimum absolute atomic E-state index is 0.0178. The first-order valence-electron chi connectivity index (χ1n) is 11.8. The maximum Gasteiger partial charge on any atom is 0.416 e. The van der Waals surface area contributed by atoms with Crippen molar-refractivity contribution in [1.82, 2.24) is 5.32 Å². The third-order valence-electron chi connectivity index (χ3n) is 5.99. The highest BCUT2D eigenvalue weighted by molar-refractivity contribution is 8.03. The molecule has 0 spiro atoms. The number of nitrogens with zero attached hydrogens (tertiary/aromatic N) is 2. The van der Waals surface area contributed by atoms with Gasteiger partial charge in [-0.25, -0.2) is 4.99 Å². The molecule has 2 atom stereocenters. The van der Waals surface area contributed by atoms with E-state index in [-0.39, 0.29) is 27.9 Å². The molecule has 2 heterocycles. The SMILES string of the molecule is CC1=NC(SCC(=O)NCc2ccccc2)=C(C#N)C(c2ccco2)C1C(=O)Nc1cccc(C(F)(F)F)c1. The first kappa shape index (κ1) is 27.7. The quantitative estimate of drug-likeness (QED) is 0.362. The number of allylic oxidation sites excluding steroid dienone is 1. The van der Waals surface area contributed by atoms with Crippen molar-refractivity contribution in [3.63, 3.8) is 0 Å². The number of alkyl halides is 3. The smallest absolute Gasteiger partial charge is 0.416 e. The number of benzene rings is 2. The number of hydrogen-bond acceptors (Lipinski definition) is 6. The number of furan rings is 1. The molecule has 200 valence electrons. The molecule has 7 nitrogen and oxygen atoms in total. The fraction of sp³-hybridized carbons (Fsp3) is 0.214. The Kier molecular flexibility index (Phi) is 8.56. The van der Waals surface area contributed by atoms with Crippen molar-refractivity contribution in [3.05, 3.63) is 100 Å². The molecule has 4 rings (SSSR count). The molecule has 3 aromatic rings. The van der Waals surface area contributed by atoms with Crippen LogP contribution in [0, 0.1) is 17.2 Å². The lowest BCUT2D eigenvalue weighted by atomic mass is 9.79. The van der Waals surface area contributed by atoms with Crippen LogP contribution >= 0.6 is 11.8 Å². The van der Waals surface area contributed by atoms with E-state index < -0.39 is 29.5 Å². The molecule has 2 N–H and O–H groups in total. The molecular formula is C28H23F3N4O3S. The Morgan fingerprint density at radius 1 is 1.10 bits per heavy atom. The van der Waals surface area contributed by atoms with E-state index in [9.17, 15) is 28.0 Å². The number of thioether (sulfide) groups is 1. The second kappa shape index (κ2) is 12.0. The van der Waals surface area contributed by atoms with Crippen molar-refractivity contribution in [2.75, 3.05) is 11.1 Å². The van der Waals surface area contributed by atoms with E-state index in [1.165, 1.54) is 18.4 Å². The number of nitrogens with one attached hydrogen (secondary N) is 2. The Balaban J connectivity index is 1.55. The van der Waals surface area contributed by atoms with Crippen molar-refractivity contribution in [3.8, 4) is 6.07 Å². The number of carbonyl (C=O) groups excluding carboxylic acids is 2. The van der Waals surface area contributed by atoms with Gasteiger partial charge in [-0.15, -0.1) is 0 Å². The van der Waals surface area contributed by atoms with Gasteiger partial charge in [0.2, 0.25) is 11.8 Å². The Bertz CT molecular complexity index is 1440. The van der Waals surface area contributed by atoms with Crippen LogP contribution in [0.25, 0.3) is 0 Å². The number of nitriles is 1. The molecule has 0 fully saturated rings. The van der Waals surface area contributed by atoms with Gasteiger partial charge in [-0.05, 0) is 42.8 Å². The van der Waals surface area contributed by atoms with Crippen LogP contribution < -0.4 is 10.6 Å². The zero-order valence-corrected chi connectivity index (χ0v) is 21.5. The highest BCUT2D eigenvalue weighted by Crippen LogP contribution is 2.42. The zero-order valence-electron chi connectivity index (χ0n) is 20.7. The predicted octanol–water partition coefficient (Wildman–Crippen LogP) is 5.90. The summed E-state index contributed by atoms with van der Waals surface area (Å²) in [7, 11) is 0. The highest BCUT2D eigenvalue weighted by Gasteiger charge is 2.41. The number of carbonyl (C=O) groups is 2. The summed E-state index contributed by atoms with van der Waals surface area (Å²) in [6.07, 6.45) is -3.17. The summed E-state index contributed by atoms with van der Waals surface area (Å²) in [5.41, 5.74) is 0.441. The van der Waals surface area contributed by atoms with Crippen LogP contribution in [-0.4, -0.2) is 23.3 Å². The molecule has 0 saturated carbocycles. The molecule has 2 unspecified atom stereocenters. The fourth-order valence-electron chi connectivity index (χ4n) is 4.15. The van der Waals surface area contributed by atoms with Crippen molar-refractivity contribution in [2.45, 2.75) is 25.6 Å². The average Bonchev–Trinajstić information content (AvgIpc) is 3.45. The van der Waals surface area contributed by atoms with Crippen LogP contribution in [0.2, 0.25) is 0 Å². The van der Waals surface area contributed by atoms with E-state index in [0.717, 1.165) is 29.5 Å². The van der Waals surface area contributed by atoms with E-state index in [1.54, 1.807) is 19.1 Å². The van der Waals surface area contributed by atoms with E-state index in [0.29, 0.717) is 18.0 Å². The van der Waals surface area contributed by atoms with Gasteiger partial charge in [0.05, 0.1) is 41.1 Å². The van der Waals surface area contributed by atoms with Crippen LogP contribution in [0.3, 0.4) is 0 Å². The molecule has 0 saturated heterocycles. The first-order chi connectivity index (χ1) is 18.7. The van der Waals surface area contributed by atoms with E-state index >= 15 is 0 Å². The van der Waals surface area contributed by atoms with E-state index in [1.807, 2.05) is 30.3 Å². The van der Waals surface area contributed by atoms with Crippen molar-refractivity contribution in [1.29, 1.82) is 5.26 Å². The molecule has 1 aliphatic heterocycles. The summed E-state index contributed by atoms with van der Waals surface area (Å²) in [6, 6.07) is 19.0. The largest absolute Gasteiger partial charge is 0.469 e. The number of rotatable bonds is 8. The Morgan fingerprint density at radius 3 is 2.54 bits per heavy atom. The van der Waals surface area contributed by atoms with Crippen LogP contribution in [0.4, 0.5) is 18.9 Å². The van der Waals surface area contributed by atoms with Crippen LogP contribution in [0.15, 0.2) is 93.0 Å².